The van der Waals surface area contributed by atoms with Crippen molar-refractivity contribution in [2.75, 3.05) is 26.2 Å². The van der Waals surface area contributed by atoms with Gasteiger partial charge in [0.05, 0.1) is 0 Å². The Hall–Kier alpha value is -1.78. The first-order valence-electron chi connectivity index (χ1n) is 9.40. The minimum atomic E-state index is 0. The molecule has 0 atom stereocenters. The third-order valence-electron chi connectivity index (χ3n) is 5.05. The molecule has 142 valence electrons. The number of rotatable bonds is 6. The van der Waals surface area contributed by atoms with E-state index < -0.39 is 0 Å². The van der Waals surface area contributed by atoms with Crippen molar-refractivity contribution in [3.05, 3.63) is 47.7 Å². The van der Waals surface area contributed by atoms with E-state index in [1.807, 2.05) is 11.0 Å². The molecule has 5 heteroatoms. The van der Waals surface area contributed by atoms with Crippen LogP contribution in [0.15, 0.2) is 40.8 Å². The predicted molar refractivity (Wildman–Crippen MR) is 108 cm³/mol. The van der Waals surface area contributed by atoms with Crippen LogP contribution < -0.4 is 5.32 Å². The number of hydrogen-bond donors (Lipinski definition) is 1. The van der Waals surface area contributed by atoms with Crippen LogP contribution in [0.1, 0.15) is 42.8 Å². The summed E-state index contributed by atoms with van der Waals surface area (Å²) in [4.78, 5) is 14.6. The number of carbonyl (C=O) groups is 1. The van der Waals surface area contributed by atoms with Crippen LogP contribution in [-0.4, -0.2) is 37.0 Å². The van der Waals surface area contributed by atoms with E-state index in [1.165, 1.54) is 5.56 Å². The van der Waals surface area contributed by atoms with Crippen molar-refractivity contribution < 1.29 is 9.21 Å². The molecule has 1 fully saturated rings. The van der Waals surface area contributed by atoms with Gasteiger partial charge in [0.2, 0.25) is 0 Å². The lowest BCUT2D eigenvalue weighted by Gasteiger charge is -2.31. The van der Waals surface area contributed by atoms with E-state index in [0.29, 0.717) is 11.7 Å². The maximum Gasteiger partial charge on any atom is 0.289 e. The third kappa shape index (κ3) is 4.89. The average molecular weight is 377 g/mol. The highest BCUT2D eigenvalue weighted by Gasteiger charge is 2.25. The molecule has 1 saturated heterocycles. The number of amides is 1. The third-order valence-corrected chi connectivity index (χ3v) is 5.05. The quantitative estimate of drug-likeness (QED) is 0.813. The second-order valence-electron chi connectivity index (χ2n) is 6.76. The van der Waals surface area contributed by atoms with Gasteiger partial charge in [-0.2, -0.15) is 0 Å². The van der Waals surface area contributed by atoms with Crippen LogP contribution >= 0.6 is 12.4 Å². The Balaban J connectivity index is 0.00000243. The summed E-state index contributed by atoms with van der Waals surface area (Å²) in [5.41, 5.74) is 2.31. The highest BCUT2D eigenvalue weighted by molar-refractivity contribution is 5.92. The Labute approximate surface area is 162 Å². The van der Waals surface area contributed by atoms with E-state index in [9.17, 15) is 4.79 Å². The number of aryl methyl sites for hydroxylation is 1. The summed E-state index contributed by atoms with van der Waals surface area (Å²) in [5.74, 6) is 1.89. The van der Waals surface area contributed by atoms with E-state index in [0.717, 1.165) is 56.8 Å². The molecule has 0 bridgehead atoms. The van der Waals surface area contributed by atoms with Crippen molar-refractivity contribution in [1.29, 1.82) is 0 Å². The van der Waals surface area contributed by atoms with Crippen LogP contribution in [0.3, 0.4) is 0 Å². The van der Waals surface area contributed by atoms with Gasteiger partial charge in [-0.3, -0.25) is 4.79 Å². The summed E-state index contributed by atoms with van der Waals surface area (Å²) in [6.45, 7) is 7.96. The van der Waals surface area contributed by atoms with E-state index >= 15 is 0 Å². The Bertz CT molecular complexity index is 688. The number of nitrogens with zero attached hydrogens (tertiary/aromatic N) is 1. The Morgan fingerprint density at radius 3 is 2.42 bits per heavy atom. The van der Waals surface area contributed by atoms with Gasteiger partial charge in [-0.05, 0) is 56.0 Å². The number of hydrogen-bond acceptors (Lipinski definition) is 3. The fourth-order valence-corrected chi connectivity index (χ4v) is 3.36. The van der Waals surface area contributed by atoms with Gasteiger partial charge in [0.1, 0.15) is 5.76 Å². The average Bonchev–Trinajstić information content (AvgIpc) is 3.16. The molecule has 3 rings (SSSR count). The van der Waals surface area contributed by atoms with Crippen LogP contribution in [0.2, 0.25) is 0 Å². The summed E-state index contributed by atoms with van der Waals surface area (Å²) in [6.07, 6.45) is 3.14. The molecule has 1 N–H and O–H groups in total. The minimum absolute atomic E-state index is 0. The fraction of sp³-hybridized carbons (Fsp3) is 0.476. The summed E-state index contributed by atoms with van der Waals surface area (Å²) < 4.78 is 5.85. The van der Waals surface area contributed by atoms with Crippen molar-refractivity contribution in [2.24, 2.45) is 5.92 Å². The zero-order valence-corrected chi connectivity index (χ0v) is 16.5. The molecule has 1 amide bonds. The van der Waals surface area contributed by atoms with Crippen molar-refractivity contribution in [3.8, 4) is 11.3 Å². The number of furan rings is 1. The lowest BCUT2D eigenvalue weighted by Crippen LogP contribution is -2.40. The molecule has 1 aliphatic heterocycles. The highest BCUT2D eigenvalue weighted by Crippen LogP contribution is 2.25. The molecular weight excluding hydrogens is 348 g/mol. The largest absolute Gasteiger partial charge is 0.451 e. The molecule has 0 radical (unpaired) electrons. The van der Waals surface area contributed by atoms with Gasteiger partial charge in [-0.15, -0.1) is 12.4 Å². The first kappa shape index (κ1) is 20.5. The summed E-state index contributed by atoms with van der Waals surface area (Å²) in [7, 11) is 0. The zero-order chi connectivity index (χ0) is 17.6. The normalized spacial score (nSPS) is 14.9. The maximum atomic E-state index is 12.7. The predicted octanol–water partition coefficient (Wildman–Crippen LogP) is 4.39. The lowest BCUT2D eigenvalue weighted by molar-refractivity contribution is 0.0659. The standard InChI is InChI=1S/C21H28N2O2.ClH/c1-3-16-5-7-18(8-6-16)19-9-10-20(25-19)21(24)23-13-11-17(12-14-23)15-22-4-2;/h5-10,17,22H,3-4,11-15H2,1-2H3;1H. The Morgan fingerprint density at radius 1 is 1.12 bits per heavy atom. The molecule has 0 unspecified atom stereocenters. The number of likely N-dealkylation sites (tertiary alicyclic amines) is 1. The van der Waals surface area contributed by atoms with Crippen molar-refractivity contribution >= 4 is 18.3 Å². The van der Waals surface area contributed by atoms with E-state index in [2.05, 4.69) is 43.4 Å². The summed E-state index contributed by atoms with van der Waals surface area (Å²) >= 11 is 0. The van der Waals surface area contributed by atoms with Crippen LogP contribution in [0.25, 0.3) is 11.3 Å². The van der Waals surface area contributed by atoms with Crippen LogP contribution in [0.4, 0.5) is 0 Å². The van der Waals surface area contributed by atoms with Gasteiger partial charge in [0.15, 0.2) is 5.76 Å². The molecule has 1 aromatic carbocycles. The number of carbonyl (C=O) groups excluding carboxylic acids is 1. The van der Waals surface area contributed by atoms with E-state index in [4.69, 9.17) is 4.42 Å². The van der Waals surface area contributed by atoms with Gasteiger partial charge < -0.3 is 14.6 Å². The van der Waals surface area contributed by atoms with Crippen molar-refractivity contribution in [3.63, 3.8) is 0 Å². The molecule has 0 aliphatic carbocycles. The zero-order valence-electron chi connectivity index (χ0n) is 15.7. The second-order valence-corrected chi connectivity index (χ2v) is 6.76. The number of nitrogens with one attached hydrogen (secondary N) is 1. The summed E-state index contributed by atoms with van der Waals surface area (Å²) in [6, 6.07) is 12.0. The maximum absolute atomic E-state index is 12.7. The lowest BCUT2D eigenvalue weighted by atomic mass is 9.96. The molecule has 1 aliphatic rings. The van der Waals surface area contributed by atoms with Gasteiger partial charge in [0.25, 0.3) is 5.91 Å². The molecule has 0 saturated carbocycles. The second kappa shape index (κ2) is 9.79. The fourth-order valence-electron chi connectivity index (χ4n) is 3.36. The minimum Gasteiger partial charge on any atom is -0.451 e. The monoisotopic (exact) mass is 376 g/mol. The SMILES string of the molecule is CCNCC1CCN(C(=O)c2ccc(-c3ccc(CC)cc3)o2)CC1.Cl. The topological polar surface area (TPSA) is 45.5 Å². The van der Waals surface area contributed by atoms with Crippen LogP contribution in [0, 0.1) is 5.92 Å². The number of piperidine rings is 1. The molecule has 1 aromatic heterocycles. The molecule has 26 heavy (non-hydrogen) atoms. The van der Waals surface area contributed by atoms with Gasteiger partial charge >= 0.3 is 0 Å². The molecular formula is C21H29ClN2O2. The molecule has 2 aromatic rings. The highest BCUT2D eigenvalue weighted by atomic mass is 35.5. The van der Waals surface area contributed by atoms with E-state index in [1.54, 1.807) is 6.07 Å². The number of halogens is 1. The van der Waals surface area contributed by atoms with Crippen molar-refractivity contribution in [1.82, 2.24) is 10.2 Å². The molecule has 4 nitrogen and oxygen atoms in total. The van der Waals surface area contributed by atoms with Crippen molar-refractivity contribution in [2.45, 2.75) is 33.1 Å². The summed E-state index contributed by atoms with van der Waals surface area (Å²) in [5, 5.41) is 3.40. The van der Waals surface area contributed by atoms with Gasteiger partial charge in [-0.25, -0.2) is 0 Å². The van der Waals surface area contributed by atoms with Crippen LogP contribution in [-0.2, 0) is 6.42 Å². The smallest absolute Gasteiger partial charge is 0.289 e. The van der Waals surface area contributed by atoms with E-state index in [-0.39, 0.29) is 18.3 Å². The first-order chi connectivity index (χ1) is 12.2. The Kier molecular flexibility index (Phi) is 7.73. The number of benzene rings is 1. The Morgan fingerprint density at radius 2 is 1.81 bits per heavy atom. The van der Waals surface area contributed by atoms with Crippen LogP contribution in [0.5, 0.6) is 0 Å². The molecule has 2 heterocycles. The van der Waals surface area contributed by atoms with Gasteiger partial charge in [-0.1, -0.05) is 38.1 Å². The first-order valence-corrected chi connectivity index (χ1v) is 9.40. The van der Waals surface area contributed by atoms with Gasteiger partial charge in [0, 0.05) is 18.7 Å². The molecule has 0 spiro atoms.